The van der Waals surface area contributed by atoms with E-state index in [0.29, 0.717) is 12.2 Å². The monoisotopic (exact) mass is 304 g/mol. The third-order valence-electron chi connectivity index (χ3n) is 2.45. The molecule has 0 amide bonds. The lowest BCUT2D eigenvalue weighted by Gasteiger charge is -2.10. The summed E-state index contributed by atoms with van der Waals surface area (Å²) in [5.74, 6) is 0.450. The quantitative estimate of drug-likeness (QED) is 0.876. The van der Waals surface area contributed by atoms with Gasteiger partial charge in [0.2, 0.25) is 0 Å². The molecule has 0 saturated heterocycles. The van der Waals surface area contributed by atoms with Crippen LogP contribution in [0, 0.1) is 0 Å². The molecule has 0 N–H and O–H groups in total. The van der Waals surface area contributed by atoms with Crippen molar-refractivity contribution in [2.24, 2.45) is 0 Å². The Kier molecular flexibility index (Phi) is 3.66. The Labute approximate surface area is 115 Å². The van der Waals surface area contributed by atoms with E-state index in [1.165, 1.54) is 24.5 Å². The molecule has 0 spiro atoms. The first kappa shape index (κ1) is 13.4. The van der Waals surface area contributed by atoms with Crippen molar-refractivity contribution in [2.75, 3.05) is 0 Å². The third kappa shape index (κ3) is 2.13. The minimum Gasteiger partial charge on any atom is -0.241 e. The first-order valence-corrected chi connectivity index (χ1v) is 7.40. The number of hydrogen-bond donors (Lipinski definition) is 0. The van der Waals surface area contributed by atoms with E-state index < -0.39 is 10.0 Å². The average molecular weight is 305 g/mol. The van der Waals surface area contributed by atoms with Crippen LogP contribution in [0.5, 0.6) is 0 Å². The lowest BCUT2D eigenvalue weighted by molar-refractivity contribution is 0.584. The van der Waals surface area contributed by atoms with Crippen LogP contribution in [0.15, 0.2) is 35.5 Å². The van der Waals surface area contributed by atoms with Crippen LogP contribution in [0.2, 0.25) is 10.0 Å². The number of rotatable bonds is 3. The lowest BCUT2D eigenvalue weighted by Crippen LogP contribution is -2.15. The molecule has 1 heterocycles. The van der Waals surface area contributed by atoms with Gasteiger partial charge in [0.1, 0.15) is 10.7 Å². The molecule has 0 atom stereocenters. The van der Waals surface area contributed by atoms with Gasteiger partial charge >= 0.3 is 0 Å². The fourth-order valence-corrected chi connectivity index (χ4v) is 3.69. The highest BCUT2D eigenvalue weighted by Crippen LogP contribution is 2.30. The third-order valence-corrected chi connectivity index (χ3v) is 5.13. The minimum absolute atomic E-state index is 0.0231. The number of aromatic nitrogens is 2. The van der Waals surface area contributed by atoms with Crippen molar-refractivity contribution in [3.8, 4) is 0 Å². The Hall–Kier alpha value is -1.04. The second-order valence-corrected chi connectivity index (χ2v) is 6.12. The molecule has 4 nitrogen and oxygen atoms in total. The zero-order valence-corrected chi connectivity index (χ0v) is 11.8. The number of hydrogen-bond acceptors (Lipinski definition) is 3. The number of nitrogens with zero attached hydrogens (tertiary/aromatic N) is 2. The molecule has 0 saturated carbocycles. The molecule has 0 fully saturated rings. The van der Waals surface area contributed by atoms with Crippen LogP contribution in [0.3, 0.4) is 0 Å². The second-order valence-electron chi connectivity index (χ2n) is 3.55. The van der Waals surface area contributed by atoms with E-state index in [-0.39, 0.29) is 14.9 Å². The largest absolute Gasteiger partial charge is 0.270 e. The predicted molar refractivity (Wildman–Crippen MR) is 70.7 cm³/mol. The molecule has 1 aromatic heterocycles. The number of halogens is 2. The molecule has 18 heavy (non-hydrogen) atoms. The van der Waals surface area contributed by atoms with E-state index in [9.17, 15) is 8.42 Å². The van der Waals surface area contributed by atoms with Crippen LogP contribution < -0.4 is 0 Å². The molecule has 7 heteroatoms. The topological polar surface area (TPSA) is 52.0 Å². The predicted octanol–water partition coefficient (Wildman–Crippen LogP) is 2.99. The van der Waals surface area contributed by atoms with Gasteiger partial charge < -0.3 is 0 Å². The van der Waals surface area contributed by atoms with Crippen molar-refractivity contribution >= 4 is 33.2 Å². The van der Waals surface area contributed by atoms with Crippen molar-refractivity contribution in [3.05, 3.63) is 46.5 Å². The van der Waals surface area contributed by atoms with Gasteiger partial charge in [-0.3, -0.25) is 0 Å². The van der Waals surface area contributed by atoms with Crippen LogP contribution in [0.1, 0.15) is 12.7 Å². The summed E-state index contributed by atoms with van der Waals surface area (Å²) in [4.78, 5) is 3.96. The summed E-state index contributed by atoms with van der Waals surface area (Å²) in [7, 11) is -3.75. The average Bonchev–Trinajstić information content (AvgIpc) is 2.81. The van der Waals surface area contributed by atoms with Gasteiger partial charge in [-0.15, -0.1) is 0 Å². The number of aryl methyl sites for hydroxylation is 1. The highest BCUT2D eigenvalue weighted by molar-refractivity contribution is 7.90. The zero-order valence-electron chi connectivity index (χ0n) is 9.47. The summed E-state index contributed by atoms with van der Waals surface area (Å²) in [5, 5.41) is 0.228. The summed E-state index contributed by atoms with van der Waals surface area (Å²) in [5.41, 5.74) is 0. The molecule has 0 aliphatic rings. The smallest absolute Gasteiger partial charge is 0.241 e. The lowest BCUT2D eigenvalue weighted by atomic mass is 10.4. The Balaban J connectivity index is 2.66. The van der Waals surface area contributed by atoms with Gasteiger partial charge in [0, 0.05) is 18.8 Å². The van der Waals surface area contributed by atoms with Gasteiger partial charge in [-0.2, -0.15) is 0 Å². The Morgan fingerprint density at radius 2 is 2.06 bits per heavy atom. The first-order valence-electron chi connectivity index (χ1n) is 5.20. The highest BCUT2D eigenvalue weighted by atomic mass is 35.5. The molecular weight excluding hydrogens is 295 g/mol. The van der Waals surface area contributed by atoms with Gasteiger partial charge in [-0.05, 0) is 12.1 Å². The maximum atomic E-state index is 12.4. The van der Waals surface area contributed by atoms with Crippen LogP contribution in [0.25, 0.3) is 0 Å². The Morgan fingerprint density at radius 3 is 2.72 bits per heavy atom. The Morgan fingerprint density at radius 1 is 1.33 bits per heavy atom. The SMILES string of the molecule is CCc1nccn1S(=O)(=O)c1cccc(Cl)c1Cl. The van der Waals surface area contributed by atoms with E-state index in [4.69, 9.17) is 23.2 Å². The molecule has 0 aliphatic carbocycles. The van der Waals surface area contributed by atoms with Crippen molar-refractivity contribution in [2.45, 2.75) is 18.2 Å². The Bertz CT molecular complexity index is 680. The van der Waals surface area contributed by atoms with Gasteiger partial charge in [-0.25, -0.2) is 17.4 Å². The minimum atomic E-state index is -3.75. The normalized spacial score (nSPS) is 11.7. The molecule has 96 valence electrons. The van der Waals surface area contributed by atoms with Gasteiger partial charge in [0.15, 0.2) is 0 Å². The highest BCUT2D eigenvalue weighted by Gasteiger charge is 2.23. The number of imidazole rings is 1. The van der Waals surface area contributed by atoms with Gasteiger partial charge in [0.25, 0.3) is 10.0 Å². The molecule has 0 aliphatic heterocycles. The van der Waals surface area contributed by atoms with Crippen molar-refractivity contribution in [1.82, 2.24) is 8.96 Å². The van der Waals surface area contributed by atoms with Gasteiger partial charge in [-0.1, -0.05) is 36.2 Å². The summed E-state index contributed by atoms with van der Waals surface area (Å²) in [6.07, 6.45) is 3.34. The standard InChI is InChI=1S/C11H10Cl2N2O2S/c1-2-10-14-6-7-15(10)18(16,17)9-5-3-4-8(12)11(9)13/h3-7H,2H2,1H3. The first-order chi connectivity index (χ1) is 8.48. The fourth-order valence-electron chi connectivity index (χ4n) is 1.58. The van der Waals surface area contributed by atoms with E-state index in [2.05, 4.69) is 4.98 Å². The zero-order chi connectivity index (χ0) is 13.3. The summed E-state index contributed by atoms with van der Waals surface area (Å²) in [6.45, 7) is 1.83. The summed E-state index contributed by atoms with van der Waals surface area (Å²) < 4.78 is 26.0. The van der Waals surface area contributed by atoms with E-state index in [0.717, 1.165) is 3.97 Å². The molecule has 1 aromatic carbocycles. The molecular formula is C11H10Cl2N2O2S. The maximum absolute atomic E-state index is 12.4. The van der Waals surface area contributed by atoms with Crippen molar-refractivity contribution in [1.29, 1.82) is 0 Å². The molecule has 0 bridgehead atoms. The van der Waals surface area contributed by atoms with Crippen molar-refractivity contribution < 1.29 is 8.42 Å². The molecule has 2 rings (SSSR count). The maximum Gasteiger partial charge on any atom is 0.270 e. The number of benzene rings is 1. The summed E-state index contributed by atoms with van der Waals surface area (Å²) in [6, 6.07) is 4.50. The van der Waals surface area contributed by atoms with E-state index in [1.54, 1.807) is 6.07 Å². The molecule has 0 unspecified atom stereocenters. The van der Waals surface area contributed by atoms with Crippen LogP contribution in [-0.2, 0) is 16.4 Å². The van der Waals surface area contributed by atoms with Crippen LogP contribution in [-0.4, -0.2) is 17.4 Å². The van der Waals surface area contributed by atoms with E-state index >= 15 is 0 Å². The van der Waals surface area contributed by atoms with Crippen LogP contribution >= 0.6 is 23.2 Å². The van der Waals surface area contributed by atoms with E-state index in [1.807, 2.05) is 6.92 Å². The van der Waals surface area contributed by atoms with Crippen molar-refractivity contribution in [3.63, 3.8) is 0 Å². The fraction of sp³-hybridized carbons (Fsp3) is 0.182. The summed E-state index contributed by atoms with van der Waals surface area (Å²) >= 11 is 11.8. The van der Waals surface area contributed by atoms with Gasteiger partial charge in [0.05, 0.1) is 10.0 Å². The second kappa shape index (κ2) is 4.91. The molecule has 0 radical (unpaired) electrons. The molecule has 2 aromatic rings. The van der Waals surface area contributed by atoms with Crippen LogP contribution in [0.4, 0.5) is 0 Å².